The SMILES string of the molecule is C=C(N)C1=C(O)[C@@]2(O)C(=O)c3c(c4c5c(c(C)cc(O)c5c3O)[C@]3(C4)C(C)=CCCC3(C)C)[C@H](O)[C@H]2CC1=O. The summed E-state index contributed by atoms with van der Waals surface area (Å²) in [5.41, 5.74) is 4.69. The highest BCUT2D eigenvalue weighted by molar-refractivity contribution is 6.17. The lowest BCUT2D eigenvalue weighted by molar-refractivity contribution is -0.125. The summed E-state index contributed by atoms with van der Waals surface area (Å²) in [5, 5.41) is 57.9. The number of aromatic hydroxyl groups is 2. The third-order valence-corrected chi connectivity index (χ3v) is 10.2. The van der Waals surface area contributed by atoms with E-state index in [1.54, 1.807) is 6.07 Å². The number of carbonyl (C=O) groups excluding carboxylic acids is 2. The van der Waals surface area contributed by atoms with E-state index >= 15 is 0 Å². The smallest absolute Gasteiger partial charge is 0.206 e. The summed E-state index contributed by atoms with van der Waals surface area (Å²) < 4.78 is 0. The third-order valence-electron chi connectivity index (χ3n) is 10.2. The van der Waals surface area contributed by atoms with E-state index in [9.17, 15) is 35.1 Å². The molecule has 0 unspecified atom stereocenters. The highest BCUT2D eigenvalue weighted by Gasteiger charge is 2.63. The number of allylic oxidation sites excluding steroid dienone is 3. The van der Waals surface area contributed by atoms with Crippen molar-refractivity contribution < 1.29 is 35.1 Å². The Kier molecular flexibility index (Phi) is 4.94. The fraction of sp³-hybridized carbons (Fsp3) is 0.419. The second-order valence-corrected chi connectivity index (χ2v) is 12.4. The predicted octanol–water partition coefficient (Wildman–Crippen LogP) is 3.95. The number of benzene rings is 2. The van der Waals surface area contributed by atoms with Gasteiger partial charge in [0.25, 0.3) is 0 Å². The van der Waals surface area contributed by atoms with Gasteiger partial charge in [-0.15, -0.1) is 0 Å². The molecule has 0 saturated heterocycles. The van der Waals surface area contributed by atoms with E-state index in [-0.39, 0.29) is 33.4 Å². The maximum Gasteiger partial charge on any atom is 0.206 e. The molecule has 0 bridgehead atoms. The number of aliphatic hydroxyl groups is 3. The molecular weight excluding hydrogens is 498 g/mol. The molecule has 0 aliphatic heterocycles. The second-order valence-electron chi connectivity index (χ2n) is 12.4. The standard InChI is InChI=1S/C31H33NO7/c1-12-9-17(33)22-20-15(11-30(24(12)20)13(2)7-6-8-29(30,4)5)21-23(26(22)36)28(38)31(39)16(25(21)35)10-18(34)19(14(3)32)27(31)37/h7,9,16,25,33,35-37,39H,3,6,8,10-11,32H2,1-2,4-5H3/t16-,25-,30+,31-/m1/s1. The molecule has 1 spiro atoms. The van der Waals surface area contributed by atoms with Gasteiger partial charge in [-0.25, -0.2) is 0 Å². The number of hydrogen-bond donors (Lipinski definition) is 6. The molecule has 8 heteroatoms. The van der Waals surface area contributed by atoms with Crippen LogP contribution in [0.4, 0.5) is 0 Å². The largest absolute Gasteiger partial charge is 0.508 e. The van der Waals surface area contributed by atoms with Crippen LogP contribution < -0.4 is 5.73 Å². The minimum Gasteiger partial charge on any atom is -0.508 e. The van der Waals surface area contributed by atoms with Crippen molar-refractivity contribution in [2.24, 2.45) is 17.1 Å². The van der Waals surface area contributed by atoms with E-state index in [2.05, 4.69) is 33.4 Å². The van der Waals surface area contributed by atoms with Gasteiger partial charge in [-0.3, -0.25) is 9.59 Å². The van der Waals surface area contributed by atoms with Crippen LogP contribution in [0.15, 0.2) is 41.3 Å². The molecule has 2 aromatic carbocycles. The second kappa shape index (κ2) is 7.52. The summed E-state index contributed by atoms with van der Waals surface area (Å²) in [4.78, 5) is 27.0. The van der Waals surface area contributed by atoms with Gasteiger partial charge in [0.15, 0.2) is 11.4 Å². The zero-order valence-electron chi connectivity index (χ0n) is 22.5. The number of phenols is 2. The number of phenolic OH excluding ortho intramolecular Hbond substituents is 2. The van der Waals surface area contributed by atoms with Crippen molar-refractivity contribution in [1.82, 2.24) is 0 Å². The minimum atomic E-state index is -2.71. The molecule has 39 heavy (non-hydrogen) atoms. The molecule has 0 radical (unpaired) electrons. The van der Waals surface area contributed by atoms with Crippen LogP contribution in [-0.4, -0.2) is 42.7 Å². The maximum atomic E-state index is 14.1. The number of fused-ring (bicyclic) bond motifs is 4. The normalized spacial score (nSPS) is 31.0. The van der Waals surface area contributed by atoms with Gasteiger partial charge in [0.2, 0.25) is 5.78 Å². The summed E-state index contributed by atoms with van der Waals surface area (Å²) >= 11 is 0. The van der Waals surface area contributed by atoms with Gasteiger partial charge in [0, 0.05) is 23.5 Å². The Morgan fingerprint density at radius 1 is 1.13 bits per heavy atom. The van der Waals surface area contributed by atoms with Gasteiger partial charge >= 0.3 is 0 Å². The summed E-state index contributed by atoms with van der Waals surface area (Å²) in [5.74, 6) is -4.92. The molecule has 4 aliphatic rings. The fourth-order valence-electron chi connectivity index (χ4n) is 8.29. The van der Waals surface area contributed by atoms with Crippen LogP contribution in [0.25, 0.3) is 10.8 Å². The Morgan fingerprint density at radius 3 is 2.41 bits per heavy atom. The average molecular weight is 532 g/mol. The van der Waals surface area contributed by atoms with Gasteiger partial charge in [-0.1, -0.05) is 32.1 Å². The Bertz CT molecular complexity index is 1640. The molecule has 7 N–H and O–H groups in total. The van der Waals surface area contributed by atoms with Crippen molar-refractivity contribution in [3.05, 3.63) is 69.1 Å². The van der Waals surface area contributed by atoms with Crippen LogP contribution in [0, 0.1) is 18.3 Å². The first kappa shape index (κ1) is 25.6. The van der Waals surface area contributed by atoms with E-state index < -0.39 is 58.1 Å². The van der Waals surface area contributed by atoms with Gasteiger partial charge in [0.05, 0.1) is 22.6 Å². The van der Waals surface area contributed by atoms with Crippen molar-refractivity contribution in [1.29, 1.82) is 0 Å². The van der Waals surface area contributed by atoms with Crippen molar-refractivity contribution in [2.45, 2.75) is 70.5 Å². The first-order valence-corrected chi connectivity index (χ1v) is 13.2. The predicted molar refractivity (Wildman–Crippen MR) is 145 cm³/mol. The van der Waals surface area contributed by atoms with Crippen LogP contribution in [0.2, 0.25) is 0 Å². The first-order valence-electron chi connectivity index (χ1n) is 13.2. The van der Waals surface area contributed by atoms with Crippen LogP contribution in [0.3, 0.4) is 0 Å². The molecule has 4 aliphatic carbocycles. The van der Waals surface area contributed by atoms with E-state index in [4.69, 9.17) is 5.73 Å². The van der Waals surface area contributed by atoms with Crippen LogP contribution in [0.1, 0.15) is 78.7 Å². The molecular formula is C31H33NO7. The summed E-state index contributed by atoms with van der Waals surface area (Å²) in [7, 11) is 0. The third kappa shape index (κ3) is 2.71. The fourth-order valence-corrected chi connectivity index (χ4v) is 8.29. The van der Waals surface area contributed by atoms with Crippen molar-refractivity contribution in [2.75, 3.05) is 0 Å². The summed E-state index contributed by atoms with van der Waals surface area (Å²) in [6, 6.07) is 1.58. The first-order chi connectivity index (χ1) is 18.1. The van der Waals surface area contributed by atoms with Gasteiger partial charge in [-0.05, 0) is 72.2 Å². The topological polar surface area (TPSA) is 161 Å². The quantitative estimate of drug-likeness (QED) is 0.302. The molecule has 0 aromatic heterocycles. The zero-order chi connectivity index (χ0) is 28.6. The van der Waals surface area contributed by atoms with E-state index in [0.29, 0.717) is 17.4 Å². The molecule has 8 nitrogen and oxygen atoms in total. The molecule has 0 heterocycles. The Hall–Kier alpha value is -3.62. The number of hydrogen-bond acceptors (Lipinski definition) is 8. The number of aliphatic hydroxyl groups excluding tert-OH is 2. The lowest BCUT2D eigenvalue weighted by atomic mass is 9.53. The van der Waals surface area contributed by atoms with Crippen molar-refractivity contribution in [3.63, 3.8) is 0 Å². The van der Waals surface area contributed by atoms with Gasteiger partial charge < -0.3 is 31.3 Å². The van der Waals surface area contributed by atoms with Gasteiger partial charge in [-0.2, -0.15) is 0 Å². The molecule has 0 amide bonds. The van der Waals surface area contributed by atoms with E-state index in [1.165, 1.54) is 0 Å². The molecule has 2 aromatic rings. The summed E-state index contributed by atoms with van der Waals surface area (Å²) in [6.07, 6.45) is 2.35. The van der Waals surface area contributed by atoms with E-state index in [0.717, 1.165) is 29.5 Å². The maximum absolute atomic E-state index is 14.1. The molecule has 204 valence electrons. The van der Waals surface area contributed by atoms with Gasteiger partial charge in [0.1, 0.15) is 17.3 Å². The van der Waals surface area contributed by atoms with Crippen molar-refractivity contribution >= 4 is 22.3 Å². The highest BCUT2D eigenvalue weighted by atomic mass is 16.4. The number of rotatable bonds is 1. The number of ketones is 2. The van der Waals surface area contributed by atoms with E-state index in [1.807, 2.05) is 6.92 Å². The molecule has 0 fully saturated rings. The molecule has 6 rings (SSSR count). The Morgan fingerprint density at radius 2 is 1.79 bits per heavy atom. The van der Waals surface area contributed by atoms with Crippen molar-refractivity contribution in [3.8, 4) is 11.5 Å². The summed E-state index contributed by atoms with van der Waals surface area (Å²) in [6.45, 7) is 11.8. The van der Waals surface area contributed by atoms with Crippen LogP contribution >= 0.6 is 0 Å². The Labute approximate surface area is 225 Å². The zero-order valence-corrected chi connectivity index (χ0v) is 22.5. The lowest BCUT2D eigenvalue weighted by Gasteiger charge is -2.50. The number of aryl methyl sites for hydroxylation is 1. The van der Waals surface area contributed by atoms with Crippen LogP contribution in [0.5, 0.6) is 11.5 Å². The molecule has 4 atom stereocenters. The number of carbonyl (C=O) groups is 2. The average Bonchev–Trinajstić information content (AvgIpc) is 3.19. The monoisotopic (exact) mass is 531 g/mol. The Balaban J connectivity index is 1.75. The number of nitrogens with two attached hydrogens (primary N) is 1. The molecule has 0 saturated carbocycles. The number of Topliss-reactive ketones (excluding diaryl/α,β-unsaturated/α-hetero) is 2. The lowest BCUT2D eigenvalue weighted by Crippen LogP contribution is -2.57. The minimum absolute atomic E-state index is 0.0665. The highest BCUT2D eigenvalue weighted by Crippen LogP contribution is 2.65. The van der Waals surface area contributed by atoms with Crippen LogP contribution in [-0.2, 0) is 16.6 Å².